The van der Waals surface area contributed by atoms with Crippen LogP contribution in [0.3, 0.4) is 0 Å². The first-order valence-corrected chi connectivity index (χ1v) is 35.6. The van der Waals surface area contributed by atoms with Gasteiger partial charge in [-0.05, 0) is 96.9 Å². The lowest BCUT2D eigenvalue weighted by Crippen LogP contribution is -2.24. The Morgan fingerprint density at radius 3 is 0.696 bits per heavy atom. The molecule has 0 spiro atoms. The van der Waals surface area contributed by atoms with Crippen molar-refractivity contribution in [3.63, 3.8) is 0 Å². The van der Waals surface area contributed by atoms with Crippen LogP contribution in [0, 0.1) is 0 Å². The van der Waals surface area contributed by atoms with Gasteiger partial charge in [0, 0.05) is 18.9 Å². The summed E-state index contributed by atoms with van der Waals surface area (Å²) in [6.07, 6.45) is 94.2. The van der Waals surface area contributed by atoms with Crippen molar-refractivity contribution in [3.05, 3.63) is 48.6 Å². The second-order valence-electron chi connectivity index (χ2n) is 23.9. The molecule has 0 heterocycles. The Labute approximate surface area is 496 Å². The van der Waals surface area contributed by atoms with Gasteiger partial charge in [-0.25, -0.2) is 0 Å². The summed E-state index contributed by atoms with van der Waals surface area (Å²) in [5, 5.41) is 20.6. The number of carboxylic acid groups (broad SMARTS) is 2. The van der Waals surface area contributed by atoms with Crippen LogP contribution in [-0.4, -0.2) is 35.2 Å². The number of unbranched alkanes of at least 4 members (excludes halogenated alkanes) is 46. The van der Waals surface area contributed by atoms with E-state index in [0.717, 1.165) is 57.4 Å². The molecular weight excluding hydrogens is 967 g/mol. The minimum absolute atomic E-state index is 0.324. The zero-order valence-corrected chi connectivity index (χ0v) is 54.4. The number of allylic oxidation sites excluding steroid dienone is 8. The van der Waals surface area contributed by atoms with Gasteiger partial charge in [-0.3, -0.25) is 9.59 Å². The van der Waals surface area contributed by atoms with Crippen molar-refractivity contribution in [3.8, 4) is 0 Å². The van der Waals surface area contributed by atoms with Gasteiger partial charge in [-0.1, -0.05) is 346 Å². The van der Waals surface area contributed by atoms with E-state index in [9.17, 15) is 9.59 Å². The monoisotopic (exact) mass is 1110 g/mol. The molecule has 0 unspecified atom stereocenters. The van der Waals surface area contributed by atoms with Crippen molar-refractivity contribution in [1.29, 1.82) is 0 Å². The van der Waals surface area contributed by atoms with Gasteiger partial charge in [0.1, 0.15) is 0 Å². The summed E-state index contributed by atoms with van der Waals surface area (Å²) in [6.45, 7) is 9.09. The quantitative estimate of drug-likeness (QED) is 0.0417. The van der Waals surface area contributed by atoms with Crippen molar-refractivity contribution in [2.24, 2.45) is 0 Å². The first kappa shape index (κ1) is 81.1. The van der Waals surface area contributed by atoms with Crippen LogP contribution in [0.5, 0.6) is 0 Å². The minimum Gasteiger partial charge on any atom is -0.481 e. The average Bonchev–Trinajstić information content (AvgIpc) is 3.44. The van der Waals surface area contributed by atoms with Crippen LogP contribution < -0.4 is 5.32 Å². The summed E-state index contributed by atoms with van der Waals surface area (Å²) in [4.78, 5) is 20.6. The van der Waals surface area contributed by atoms with E-state index >= 15 is 0 Å². The van der Waals surface area contributed by atoms with E-state index in [0.29, 0.717) is 12.8 Å². The Hall–Kier alpha value is -2.14. The molecule has 0 aromatic heterocycles. The summed E-state index contributed by atoms with van der Waals surface area (Å²) >= 11 is 0. The fourth-order valence-electron chi connectivity index (χ4n) is 10.5. The summed E-state index contributed by atoms with van der Waals surface area (Å²) in [5.41, 5.74) is 0. The van der Waals surface area contributed by atoms with E-state index in [1.807, 2.05) is 0 Å². The smallest absolute Gasteiger partial charge is 0.303 e. The highest BCUT2D eigenvalue weighted by molar-refractivity contribution is 5.66. The lowest BCUT2D eigenvalue weighted by molar-refractivity contribution is -0.138. The van der Waals surface area contributed by atoms with Crippen molar-refractivity contribution in [2.45, 2.75) is 406 Å². The fourth-order valence-corrected chi connectivity index (χ4v) is 10.5. The van der Waals surface area contributed by atoms with E-state index in [1.165, 1.54) is 308 Å². The maximum absolute atomic E-state index is 10.3. The van der Waals surface area contributed by atoms with Crippen LogP contribution in [0.2, 0.25) is 0 Å². The lowest BCUT2D eigenvalue weighted by atomic mass is 9.99. The summed E-state index contributed by atoms with van der Waals surface area (Å²) < 4.78 is 0. The van der Waals surface area contributed by atoms with Crippen LogP contribution >= 0.6 is 0 Å². The van der Waals surface area contributed by atoms with E-state index in [1.54, 1.807) is 0 Å². The normalized spacial score (nSPS) is 11.7. The molecule has 0 saturated heterocycles. The predicted octanol–water partition coefficient (Wildman–Crippen LogP) is 25.6. The van der Waals surface area contributed by atoms with Gasteiger partial charge in [-0.15, -0.1) is 0 Å². The van der Waals surface area contributed by atoms with Gasteiger partial charge < -0.3 is 15.5 Å². The molecule has 79 heavy (non-hydrogen) atoms. The summed E-state index contributed by atoms with van der Waals surface area (Å²) in [5.74, 6) is -1.34. The topological polar surface area (TPSA) is 86.6 Å². The van der Waals surface area contributed by atoms with Crippen LogP contribution in [-0.2, 0) is 9.59 Å². The Kier molecular flexibility index (Phi) is 80.0. The molecule has 0 radical (unpaired) electrons. The van der Waals surface area contributed by atoms with Gasteiger partial charge in [0.15, 0.2) is 0 Å². The third-order valence-corrected chi connectivity index (χ3v) is 15.9. The molecule has 0 aliphatic heterocycles. The highest BCUT2D eigenvalue weighted by Crippen LogP contribution is 2.18. The number of hydrogen-bond donors (Lipinski definition) is 3. The Bertz CT molecular complexity index is 1150. The molecule has 5 nitrogen and oxygen atoms in total. The first-order valence-electron chi connectivity index (χ1n) is 35.6. The maximum atomic E-state index is 10.3. The van der Waals surface area contributed by atoms with E-state index in [2.05, 4.69) is 88.7 Å². The Morgan fingerprint density at radius 1 is 0.278 bits per heavy atom. The summed E-state index contributed by atoms with van der Waals surface area (Å²) in [7, 11) is 2.18. The Balaban J connectivity index is -0.00000121. The molecule has 0 bridgehead atoms. The molecule has 0 amide bonds. The average molecular weight is 1110 g/mol. The van der Waals surface area contributed by atoms with Crippen LogP contribution in [0.4, 0.5) is 0 Å². The fraction of sp³-hybridized carbons (Fsp3) is 0.865. The molecule has 0 aliphatic carbocycles. The van der Waals surface area contributed by atoms with Crippen LogP contribution in [0.25, 0.3) is 0 Å². The molecular formula is C74H143NO4. The van der Waals surface area contributed by atoms with Gasteiger partial charge >= 0.3 is 11.9 Å². The first-order chi connectivity index (χ1) is 38.9. The van der Waals surface area contributed by atoms with Crippen molar-refractivity contribution in [2.75, 3.05) is 7.05 Å². The number of nitrogens with one attached hydrogen (secondary N) is 1. The summed E-state index contributed by atoms with van der Waals surface area (Å²) in [6, 6.07) is 0.767. The molecule has 468 valence electrons. The molecule has 5 heteroatoms. The molecule has 0 atom stereocenters. The zero-order valence-electron chi connectivity index (χ0n) is 54.4. The standard InChI is InChI=1S/C38H79N.2C18H32O2/c1-4-6-8-10-12-14-16-18-20-22-24-26-28-30-32-34-36-38(39-3)37-35-33-31-29-27-25-23-21-19-17-15-13-11-9-7-5-2;2*1-2-3-4-5-6-7-8-9-10-11-12-13-14-15-16-17-18(19)20/h38-39H,4-37H2,1-3H3;2*6-7,9-10H,2-5,8,11-17H2,1H3,(H,19,20). The zero-order chi connectivity index (χ0) is 58.1. The number of aliphatic carboxylic acids is 2. The third kappa shape index (κ3) is 84.8. The largest absolute Gasteiger partial charge is 0.481 e. The molecule has 0 rings (SSSR count). The number of carboxylic acids is 2. The van der Waals surface area contributed by atoms with Crippen LogP contribution in [0.1, 0.15) is 400 Å². The van der Waals surface area contributed by atoms with E-state index in [-0.39, 0.29) is 0 Å². The van der Waals surface area contributed by atoms with Gasteiger partial charge in [-0.2, -0.15) is 0 Å². The lowest BCUT2D eigenvalue weighted by Gasteiger charge is -2.16. The van der Waals surface area contributed by atoms with E-state index < -0.39 is 11.9 Å². The second-order valence-corrected chi connectivity index (χ2v) is 23.9. The molecule has 3 N–H and O–H groups in total. The maximum Gasteiger partial charge on any atom is 0.303 e. The highest BCUT2D eigenvalue weighted by atomic mass is 16.4. The molecule has 0 saturated carbocycles. The van der Waals surface area contributed by atoms with E-state index in [4.69, 9.17) is 10.2 Å². The third-order valence-electron chi connectivity index (χ3n) is 15.9. The van der Waals surface area contributed by atoms with Gasteiger partial charge in [0.2, 0.25) is 0 Å². The van der Waals surface area contributed by atoms with Crippen LogP contribution in [0.15, 0.2) is 48.6 Å². The van der Waals surface area contributed by atoms with Crippen molar-refractivity contribution >= 4 is 11.9 Å². The minimum atomic E-state index is -0.671. The number of hydrogen-bond acceptors (Lipinski definition) is 3. The second kappa shape index (κ2) is 77.9. The van der Waals surface area contributed by atoms with Crippen molar-refractivity contribution in [1.82, 2.24) is 5.32 Å². The SMILES string of the molecule is CCCCCC=CCC=CCCCCCCCC(=O)O.CCCCCC=CCC=CCCCCCCCC(=O)O.CCCCCCCCCCCCCCCCCCC(CCCCCCCCCCCCCCCCCC)NC. The number of carbonyl (C=O) groups is 2. The predicted molar refractivity (Wildman–Crippen MR) is 355 cm³/mol. The van der Waals surface area contributed by atoms with Crippen molar-refractivity contribution < 1.29 is 19.8 Å². The molecule has 0 aromatic carbocycles. The molecule has 0 fully saturated rings. The molecule has 0 aromatic rings. The van der Waals surface area contributed by atoms with Gasteiger partial charge in [0.25, 0.3) is 0 Å². The highest BCUT2D eigenvalue weighted by Gasteiger charge is 2.06. The number of rotatable bonds is 63. The Morgan fingerprint density at radius 2 is 0.468 bits per heavy atom. The van der Waals surface area contributed by atoms with Gasteiger partial charge in [0.05, 0.1) is 0 Å². The molecule has 0 aliphatic rings.